The van der Waals surface area contributed by atoms with E-state index in [1.807, 2.05) is 6.92 Å². The monoisotopic (exact) mass is 290 g/mol. The van der Waals surface area contributed by atoms with Gasteiger partial charge in [-0.05, 0) is 17.4 Å². The Labute approximate surface area is 113 Å². The Morgan fingerprint density at radius 2 is 2.26 bits per heavy atom. The highest BCUT2D eigenvalue weighted by Gasteiger charge is 2.56. The van der Waals surface area contributed by atoms with E-state index in [1.54, 1.807) is 0 Å². The Kier molecular flexibility index (Phi) is 5.81. The summed E-state index contributed by atoms with van der Waals surface area (Å²) in [5.74, 6) is 4.65. The summed E-state index contributed by atoms with van der Waals surface area (Å²) in [6.45, 7) is 2.75. The minimum Gasteiger partial charge on any atom is -0.355 e. The largest absolute Gasteiger partial charge is 0.464 e. The molecule has 1 aliphatic rings. The van der Waals surface area contributed by atoms with Crippen molar-refractivity contribution in [3.63, 3.8) is 0 Å². The molecule has 1 rings (SSSR count). The van der Waals surface area contributed by atoms with Gasteiger partial charge in [0.1, 0.15) is 6.54 Å². The van der Waals surface area contributed by atoms with Crippen molar-refractivity contribution in [2.24, 2.45) is 11.6 Å². The SMILES string of the molecule is CCCNC(=O)CN[P+](=O)[C@@]1(N)CCCN(N)C1=O. The van der Waals surface area contributed by atoms with Crippen molar-refractivity contribution >= 4 is 19.8 Å². The van der Waals surface area contributed by atoms with Gasteiger partial charge in [-0.15, -0.1) is 0 Å². The fourth-order valence-electron chi connectivity index (χ4n) is 1.78. The van der Waals surface area contributed by atoms with E-state index in [2.05, 4.69) is 10.4 Å². The fourth-order valence-corrected chi connectivity index (χ4v) is 3.01. The first-order valence-corrected chi connectivity index (χ1v) is 7.51. The van der Waals surface area contributed by atoms with E-state index in [0.29, 0.717) is 19.5 Å². The highest BCUT2D eigenvalue weighted by atomic mass is 31.1. The molecule has 0 aromatic heterocycles. The number of nitrogens with two attached hydrogens (primary N) is 2. The van der Waals surface area contributed by atoms with Gasteiger partial charge in [0, 0.05) is 19.5 Å². The molecule has 1 aliphatic heterocycles. The van der Waals surface area contributed by atoms with Crippen LogP contribution in [-0.2, 0) is 14.2 Å². The van der Waals surface area contributed by atoms with Crippen LogP contribution in [0.3, 0.4) is 0 Å². The number of hydrogen-bond donors (Lipinski definition) is 4. The first-order chi connectivity index (χ1) is 8.91. The predicted molar refractivity (Wildman–Crippen MR) is 71.0 cm³/mol. The van der Waals surface area contributed by atoms with E-state index < -0.39 is 19.1 Å². The highest BCUT2D eigenvalue weighted by molar-refractivity contribution is 7.45. The fraction of sp³-hybridized carbons (Fsp3) is 0.800. The van der Waals surface area contributed by atoms with Gasteiger partial charge in [0.05, 0.1) is 0 Å². The van der Waals surface area contributed by atoms with Crippen LogP contribution in [0.1, 0.15) is 26.2 Å². The second kappa shape index (κ2) is 6.91. The average molecular weight is 290 g/mol. The second-order valence-electron chi connectivity index (χ2n) is 4.51. The van der Waals surface area contributed by atoms with Crippen LogP contribution in [0, 0.1) is 0 Å². The van der Waals surface area contributed by atoms with Crippen LogP contribution in [0.5, 0.6) is 0 Å². The van der Waals surface area contributed by atoms with Crippen LogP contribution in [0.25, 0.3) is 0 Å². The molecule has 1 heterocycles. The van der Waals surface area contributed by atoms with Gasteiger partial charge >= 0.3 is 19.1 Å². The summed E-state index contributed by atoms with van der Waals surface area (Å²) in [5.41, 5.74) is 5.87. The molecular weight excluding hydrogens is 269 g/mol. The number of piperidine rings is 1. The molecule has 108 valence electrons. The van der Waals surface area contributed by atoms with Crippen molar-refractivity contribution in [2.45, 2.75) is 31.5 Å². The molecule has 0 saturated carbocycles. The van der Waals surface area contributed by atoms with E-state index in [-0.39, 0.29) is 18.9 Å². The summed E-state index contributed by atoms with van der Waals surface area (Å²) in [7, 11) is -2.25. The molecule has 19 heavy (non-hydrogen) atoms. The van der Waals surface area contributed by atoms with Crippen LogP contribution in [0.4, 0.5) is 0 Å². The summed E-state index contributed by atoms with van der Waals surface area (Å²) < 4.78 is 12.1. The maximum atomic E-state index is 12.1. The molecule has 0 aromatic carbocycles. The number of hydrogen-bond acceptors (Lipinski definition) is 5. The van der Waals surface area contributed by atoms with E-state index in [0.717, 1.165) is 11.4 Å². The summed E-state index contributed by atoms with van der Waals surface area (Å²) in [6.07, 6.45) is 1.70. The van der Waals surface area contributed by atoms with Crippen molar-refractivity contribution in [2.75, 3.05) is 19.6 Å². The molecule has 1 unspecified atom stereocenters. The minimum absolute atomic E-state index is 0.133. The van der Waals surface area contributed by atoms with Gasteiger partial charge in [-0.25, -0.2) is 5.84 Å². The molecule has 0 radical (unpaired) electrons. The number of hydrazine groups is 1. The molecule has 0 spiro atoms. The Morgan fingerprint density at radius 1 is 1.58 bits per heavy atom. The first-order valence-electron chi connectivity index (χ1n) is 6.25. The molecule has 0 aliphatic carbocycles. The Bertz CT molecular complexity index is 378. The summed E-state index contributed by atoms with van der Waals surface area (Å²) in [4.78, 5) is 23.2. The molecule has 0 bridgehead atoms. The standard InChI is InChI=1S/C10H20N5O3P/c1-2-5-13-8(16)7-14-19(18)10(11)4-3-6-15(12)9(10)17/h2-7,11-12H2,1H3,(H-,13,14,16,18)/p+1/t10-/m0/s1. The van der Waals surface area contributed by atoms with Crippen LogP contribution in [0.15, 0.2) is 0 Å². The molecule has 9 heteroatoms. The van der Waals surface area contributed by atoms with Gasteiger partial charge < -0.3 is 5.32 Å². The Morgan fingerprint density at radius 3 is 2.89 bits per heavy atom. The average Bonchev–Trinajstić information content (AvgIpc) is 2.39. The van der Waals surface area contributed by atoms with Gasteiger partial charge in [-0.1, -0.05) is 12.0 Å². The zero-order valence-corrected chi connectivity index (χ0v) is 11.9. The minimum atomic E-state index is -2.25. The van der Waals surface area contributed by atoms with Crippen LogP contribution in [-0.4, -0.2) is 41.7 Å². The van der Waals surface area contributed by atoms with Gasteiger partial charge in [0.2, 0.25) is 5.91 Å². The maximum absolute atomic E-state index is 12.1. The topological polar surface area (TPSA) is 131 Å². The molecule has 1 saturated heterocycles. The molecule has 6 N–H and O–H groups in total. The molecule has 0 aromatic rings. The number of rotatable bonds is 6. The number of carbonyl (C=O) groups is 2. The van der Waals surface area contributed by atoms with E-state index in [4.69, 9.17) is 11.6 Å². The Hall–Kier alpha value is -1.08. The van der Waals surface area contributed by atoms with Crippen molar-refractivity contribution in [1.82, 2.24) is 15.4 Å². The predicted octanol–water partition coefficient (Wildman–Crippen LogP) is -1.00. The maximum Gasteiger partial charge on any atom is 0.464 e. The van der Waals surface area contributed by atoms with E-state index in [1.165, 1.54) is 0 Å². The molecule has 2 amide bonds. The third kappa shape index (κ3) is 3.94. The number of carbonyl (C=O) groups excluding carboxylic acids is 2. The van der Waals surface area contributed by atoms with Crippen molar-refractivity contribution in [3.8, 4) is 0 Å². The van der Waals surface area contributed by atoms with Crippen molar-refractivity contribution < 1.29 is 14.2 Å². The normalized spacial score (nSPS) is 24.3. The van der Waals surface area contributed by atoms with Gasteiger partial charge in [0.25, 0.3) is 0 Å². The van der Waals surface area contributed by atoms with Crippen molar-refractivity contribution in [1.29, 1.82) is 0 Å². The van der Waals surface area contributed by atoms with Crippen LogP contribution >= 0.6 is 7.95 Å². The van der Waals surface area contributed by atoms with Crippen LogP contribution < -0.4 is 22.0 Å². The lowest BCUT2D eigenvalue weighted by Gasteiger charge is -2.29. The van der Waals surface area contributed by atoms with Gasteiger partial charge in [-0.3, -0.25) is 20.3 Å². The highest BCUT2D eigenvalue weighted by Crippen LogP contribution is 2.38. The van der Waals surface area contributed by atoms with E-state index >= 15 is 0 Å². The third-order valence-electron chi connectivity index (χ3n) is 2.91. The number of amides is 2. The van der Waals surface area contributed by atoms with Gasteiger partial charge in [-0.2, -0.15) is 0 Å². The molecule has 1 fully saturated rings. The summed E-state index contributed by atoms with van der Waals surface area (Å²) in [6, 6.07) is 0. The van der Waals surface area contributed by atoms with E-state index in [9.17, 15) is 14.2 Å². The first kappa shape index (κ1) is 16.0. The molecule has 8 nitrogen and oxygen atoms in total. The second-order valence-corrected chi connectivity index (χ2v) is 6.21. The molecule has 2 atom stereocenters. The number of nitrogens with one attached hydrogen (secondary N) is 2. The van der Waals surface area contributed by atoms with Gasteiger partial charge in [0.15, 0.2) is 0 Å². The number of nitrogens with zero attached hydrogens (tertiary/aromatic N) is 1. The third-order valence-corrected chi connectivity index (χ3v) is 4.49. The zero-order valence-electron chi connectivity index (χ0n) is 11.0. The molecular formula is C10H21N5O3P+. The lowest BCUT2D eigenvalue weighted by molar-refractivity contribution is -0.136. The quantitative estimate of drug-likeness (QED) is 0.282. The lowest BCUT2D eigenvalue weighted by atomic mass is 10.1. The Balaban J connectivity index is 2.52. The lowest BCUT2D eigenvalue weighted by Crippen LogP contribution is -2.60. The van der Waals surface area contributed by atoms with Crippen molar-refractivity contribution in [3.05, 3.63) is 0 Å². The zero-order chi connectivity index (χ0) is 14.5. The smallest absolute Gasteiger partial charge is 0.355 e. The summed E-state index contributed by atoms with van der Waals surface area (Å²) in [5, 5.41) is 4.62. The summed E-state index contributed by atoms with van der Waals surface area (Å²) >= 11 is 0. The van der Waals surface area contributed by atoms with Crippen LogP contribution in [0.2, 0.25) is 0 Å².